The van der Waals surface area contributed by atoms with Gasteiger partial charge in [-0.1, -0.05) is 67.7 Å². The van der Waals surface area contributed by atoms with Gasteiger partial charge in [-0.05, 0) is 64.5 Å². The number of rotatable bonds is 9. The van der Waals surface area contributed by atoms with Gasteiger partial charge in [0.2, 0.25) is 0 Å². The molecule has 2 aromatic carbocycles. The molecule has 28 heavy (non-hydrogen) atoms. The molecule has 0 bridgehead atoms. The van der Waals surface area contributed by atoms with E-state index < -0.39 is 0 Å². The molecular weight excluding hydrogens is 367 g/mol. The molecule has 0 aromatic heterocycles. The van der Waals surface area contributed by atoms with Gasteiger partial charge >= 0.3 is 0 Å². The minimum atomic E-state index is -0.232. The Morgan fingerprint density at radius 1 is 1.04 bits per heavy atom. The van der Waals surface area contributed by atoms with E-state index in [1.165, 1.54) is 22.6 Å². The van der Waals surface area contributed by atoms with E-state index in [2.05, 4.69) is 51.3 Å². The van der Waals surface area contributed by atoms with Crippen molar-refractivity contribution >= 4 is 23.1 Å². The van der Waals surface area contributed by atoms with Crippen molar-refractivity contribution in [1.29, 1.82) is 0 Å². The highest BCUT2D eigenvalue weighted by atomic mass is 32.2. The Balaban J connectivity index is 2.27. The minimum absolute atomic E-state index is 0.178. The van der Waals surface area contributed by atoms with Crippen LogP contribution in [0.4, 0.5) is 4.39 Å². The molecule has 0 aliphatic carbocycles. The van der Waals surface area contributed by atoms with Gasteiger partial charge in [0.15, 0.2) is 0 Å². The lowest BCUT2D eigenvalue weighted by Crippen LogP contribution is -1.97. The summed E-state index contributed by atoms with van der Waals surface area (Å²) in [6.07, 6.45) is 3.13. The lowest BCUT2D eigenvalue weighted by atomic mass is 9.98. The quantitative estimate of drug-likeness (QED) is 0.406. The van der Waals surface area contributed by atoms with Crippen LogP contribution in [0, 0.1) is 11.7 Å². The van der Waals surface area contributed by atoms with Crippen molar-refractivity contribution < 1.29 is 9.18 Å². The summed E-state index contributed by atoms with van der Waals surface area (Å²) in [4.78, 5) is 13.4. The van der Waals surface area contributed by atoms with Gasteiger partial charge in [-0.2, -0.15) is 0 Å². The van der Waals surface area contributed by atoms with Gasteiger partial charge in [0, 0.05) is 12.3 Å². The van der Waals surface area contributed by atoms with Gasteiger partial charge in [0.1, 0.15) is 11.6 Å². The van der Waals surface area contributed by atoms with Crippen LogP contribution < -0.4 is 0 Å². The van der Waals surface area contributed by atoms with Crippen LogP contribution in [0.15, 0.2) is 77.6 Å². The Bertz CT molecular complexity index is 876. The molecule has 0 saturated carbocycles. The smallest absolute Gasteiger partial charge is 0.130 e. The molecule has 0 heterocycles. The number of allylic oxidation sites excluding steroid dienone is 4. The maximum atomic E-state index is 13.1. The summed E-state index contributed by atoms with van der Waals surface area (Å²) in [6.45, 7) is 13.9. The van der Waals surface area contributed by atoms with Crippen molar-refractivity contribution in [3.63, 3.8) is 0 Å². The zero-order chi connectivity index (χ0) is 20.7. The Labute approximate surface area is 172 Å². The second-order valence-electron chi connectivity index (χ2n) is 6.94. The fraction of sp³-hybridized carbons (Fsp3) is 0.240. The Morgan fingerprint density at radius 2 is 1.57 bits per heavy atom. The third-order valence-electron chi connectivity index (χ3n) is 4.64. The van der Waals surface area contributed by atoms with Crippen LogP contribution in [-0.4, -0.2) is 5.78 Å². The fourth-order valence-corrected chi connectivity index (χ4v) is 3.91. The van der Waals surface area contributed by atoms with E-state index in [0.29, 0.717) is 12.8 Å². The van der Waals surface area contributed by atoms with E-state index in [4.69, 9.17) is 0 Å². The molecule has 0 radical (unpaired) electrons. The van der Waals surface area contributed by atoms with E-state index in [-0.39, 0.29) is 17.5 Å². The SMILES string of the molecule is C=CC(C)/C(SC(=C)CCC(C)=O)=C(/C)c1ccc(-c2ccc(F)cc2)cc1. The van der Waals surface area contributed by atoms with Crippen molar-refractivity contribution in [3.8, 4) is 11.1 Å². The first-order valence-corrected chi connectivity index (χ1v) is 10.2. The number of carbonyl (C=O) groups excluding carboxylic acids is 1. The Morgan fingerprint density at radius 3 is 2.07 bits per heavy atom. The highest BCUT2D eigenvalue weighted by Gasteiger charge is 2.14. The maximum absolute atomic E-state index is 13.1. The van der Waals surface area contributed by atoms with Crippen molar-refractivity contribution in [1.82, 2.24) is 0 Å². The summed E-state index contributed by atoms with van der Waals surface area (Å²) in [5, 5.41) is 0. The highest BCUT2D eigenvalue weighted by Crippen LogP contribution is 2.38. The molecule has 1 unspecified atom stereocenters. The number of benzene rings is 2. The van der Waals surface area contributed by atoms with Gasteiger partial charge in [-0.25, -0.2) is 4.39 Å². The summed E-state index contributed by atoms with van der Waals surface area (Å²) in [6, 6.07) is 14.8. The third kappa shape index (κ3) is 6.07. The van der Waals surface area contributed by atoms with Crippen LogP contribution in [0.1, 0.15) is 39.2 Å². The molecule has 0 aliphatic rings. The molecule has 0 amide bonds. The summed E-state index contributed by atoms with van der Waals surface area (Å²) in [5.74, 6) is 0.136. The summed E-state index contributed by atoms with van der Waals surface area (Å²) in [7, 11) is 0. The lowest BCUT2D eigenvalue weighted by molar-refractivity contribution is -0.116. The standard InChI is InChI=1S/C25H27FOS/c1-6-17(2)25(28-19(4)8-7-18(3)27)20(5)21-9-11-22(12-10-21)23-13-15-24(26)16-14-23/h6,9-17H,1,4,7-8H2,2-3,5H3/b25-20+. The molecular formula is C25H27FOS. The second-order valence-corrected chi connectivity index (χ2v) is 8.16. The average molecular weight is 395 g/mol. The first-order chi connectivity index (χ1) is 13.3. The first-order valence-electron chi connectivity index (χ1n) is 9.36. The molecule has 0 saturated heterocycles. The normalized spacial score (nSPS) is 12.9. The molecule has 2 rings (SSSR count). The number of halogens is 1. The zero-order valence-electron chi connectivity index (χ0n) is 16.8. The zero-order valence-corrected chi connectivity index (χ0v) is 17.6. The van der Waals surface area contributed by atoms with Gasteiger partial charge in [-0.15, -0.1) is 6.58 Å². The van der Waals surface area contributed by atoms with Crippen LogP contribution >= 0.6 is 11.8 Å². The third-order valence-corrected chi connectivity index (χ3v) is 6.03. The van der Waals surface area contributed by atoms with Gasteiger partial charge in [-0.3, -0.25) is 0 Å². The maximum Gasteiger partial charge on any atom is 0.130 e. The van der Waals surface area contributed by atoms with Gasteiger partial charge in [0.05, 0.1) is 0 Å². The number of hydrogen-bond acceptors (Lipinski definition) is 2. The second kappa shape index (κ2) is 10.2. The minimum Gasteiger partial charge on any atom is -0.300 e. The van der Waals surface area contributed by atoms with Crippen LogP contribution in [-0.2, 0) is 4.79 Å². The van der Waals surface area contributed by atoms with Gasteiger partial charge in [0.25, 0.3) is 0 Å². The van der Waals surface area contributed by atoms with Crippen LogP contribution in [0.3, 0.4) is 0 Å². The summed E-state index contributed by atoms with van der Waals surface area (Å²) >= 11 is 1.64. The number of ketones is 1. The van der Waals surface area contributed by atoms with E-state index in [1.54, 1.807) is 30.8 Å². The lowest BCUT2D eigenvalue weighted by Gasteiger charge is -2.18. The molecule has 0 aliphatic heterocycles. The molecule has 0 spiro atoms. The summed E-state index contributed by atoms with van der Waals surface area (Å²) in [5.41, 5.74) is 4.34. The average Bonchev–Trinajstić information content (AvgIpc) is 2.70. The Kier molecular flexibility index (Phi) is 8.01. The van der Waals surface area contributed by atoms with Crippen molar-refractivity contribution in [3.05, 3.63) is 89.0 Å². The van der Waals surface area contributed by atoms with Crippen molar-refractivity contribution in [2.24, 2.45) is 5.92 Å². The molecule has 2 aromatic rings. The van der Waals surface area contributed by atoms with Crippen LogP contribution in [0.2, 0.25) is 0 Å². The molecule has 1 nitrogen and oxygen atoms in total. The molecule has 146 valence electrons. The number of thioether (sulfide) groups is 1. The highest BCUT2D eigenvalue weighted by molar-refractivity contribution is 8.06. The van der Waals surface area contributed by atoms with Crippen LogP contribution in [0.5, 0.6) is 0 Å². The first kappa shape index (κ1) is 21.9. The Hall–Kier alpha value is -2.39. The topological polar surface area (TPSA) is 17.1 Å². The largest absolute Gasteiger partial charge is 0.300 e. The van der Waals surface area contributed by atoms with Gasteiger partial charge < -0.3 is 4.79 Å². The van der Waals surface area contributed by atoms with Crippen LogP contribution in [0.25, 0.3) is 16.7 Å². The molecule has 0 N–H and O–H groups in total. The predicted molar refractivity (Wildman–Crippen MR) is 120 cm³/mol. The monoisotopic (exact) mass is 394 g/mol. The predicted octanol–water partition coefficient (Wildman–Crippen LogP) is 7.66. The van der Waals surface area contributed by atoms with E-state index in [1.807, 2.05) is 6.08 Å². The number of Topliss-reactive ketones (excluding diaryl/α,β-unsaturated/α-hetero) is 1. The van der Waals surface area contributed by atoms with Crippen molar-refractivity contribution in [2.75, 3.05) is 0 Å². The number of hydrogen-bond donors (Lipinski definition) is 0. The molecule has 3 heteroatoms. The molecule has 1 atom stereocenters. The van der Waals surface area contributed by atoms with E-state index in [0.717, 1.165) is 21.6 Å². The summed E-state index contributed by atoms with van der Waals surface area (Å²) < 4.78 is 13.1. The fourth-order valence-electron chi connectivity index (χ4n) is 2.84. The van der Waals surface area contributed by atoms with Crippen molar-refractivity contribution in [2.45, 2.75) is 33.6 Å². The van der Waals surface area contributed by atoms with E-state index in [9.17, 15) is 9.18 Å². The molecule has 0 fully saturated rings. The number of carbonyl (C=O) groups is 1. The van der Waals surface area contributed by atoms with E-state index >= 15 is 0 Å².